The van der Waals surface area contributed by atoms with E-state index in [0.29, 0.717) is 6.04 Å². The largest absolute Gasteiger partial charge is 0.356 e. The number of aromatic nitrogens is 2. The molecular formula is C16H23N5. The molecular weight excluding hydrogens is 262 g/mol. The first-order valence-electron chi connectivity index (χ1n) is 7.58. The minimum absolute atomic E-state index is 0.592. The van der Waals surface area contributed by atoms with E-state index in [4.69, 9.17) is 0 Å². The van der Waals surface area contributed by atoms with E-state index in [-0.39, 0.29) is 0 Å². The van der Waals surface area contributed by atoms with Crippen molar-refractivity contribution in [2.45, 2.75) is 32.7 Å². The standard InChI is InChI=1S/C16H23N5/c1-11-5-4-8-21-10-13(19-15(11)21)6-7-18-16(17-3)20-14-9-12(14)2/h4-5,8,10,12,14H,6-7,9H2,1-3H3,(H2,17,18,20). The highest BCUT2D eigenvalue weighted by Gasteiger charge is 2.33. The number of rotatable bonds is 4. The van der Waals surface area contributed by atoms with Gasteiger partial charge in [-0.25, -0.2) is 4.98 Å². The number of imidazole rings is 1. The van der Waals surface area contributed by atoms with Crippen molar-refractivity contribution in [3.63, 3.8) is 0 Å². The van der Waals surface area contributed by atoms with Gasteiger partial charge in [0.2, 0.25) is 0 Å². The van der Waals surface area contributed by atoms with E-state index in [9.17, 15) is 0 Å². The summed E-state index contributed by atoms with van der Waals surface area (Å²) in [7, 11) is 1.82. The van der Waals surface area contributed by atoms with Crippen LogP contribution in [0.2, 0.25) is 0 Å². The molecule has 2 unspecified atom stereocenters. The molecule has 2 heterocycles. The summed E-state index contributed by atoms with van der Waals surface area (Å²) in [4.78, 5) is 8.94. The van der Waals surface area contributed by atoms with Crippen LogP contribution in [0.3, 0.4) is 0 Å². The van der Waals surface area contributed by atoms with Crippen LogP contribution in [-0.4, -0.2) is 35.0 Å². The first-order valence-corrected chi connectivity index (χ1v) is 7.58. The van der Waals surface area contributed by atoms with Crippen molar-refractivity contribution < 1.29 is 0 Å². The Morgan fingerprint density at radius 2 is 2.33 bits per heavy atom. The number of pyridine rings is 1. The molecule has 0 bridgehead atoms. The molecule has 0 aromatic carbocycles. The van der Waals surface area contributed by atoms with E-state index in [2.05, 4.69) is 57.2 Å². The maximum absolute atomic E-state index is 4.68. The lowest BCUT2D eigenvalue weighted by Gasteiger charge is -2.10. The number of hydrogen-bond acceptors (Lipinski definition) is 2. The highest BCUT2D eigenvalue weighted by molar-refractivity contribution is 5.80. The van der Waals surface area contributed by atoms with Crippen LogP contribution in [0.4, 0.5) is 0 Å². The normalized spacial score (nSPS) is 21.6. The van der Waals surface area contributed by atoms with Crippen molar-refractivity contribution in [3.05, 3.63) is 35.8 Å². The summed E-state index contributed by atoms with van der Waals surface area (Å²) < 4.78 is 2.09. The van der Waals surface area contributed by atoms with Crippen LogP contribution in [0, 0.1) is 12.8 Å². The first kappa shape index (κ1) is 13.9. The van der Waals surface area contributed by atoms with Crippen molar-refractivity contribution in [2.24, 2.45) is 10.9 Å². The Morgan fingerprint density at radius 3 is 3.00 bits per heavy atom. The van der Waals surface area contributed by atoms with Gasteiger partial charge in [-0.05, 0) is 30.9 Å². The van der Waals surface area contributed by atoms with Gasteiger partial charge in [-0.2, -0.15) is 0 Å². The average molecular weight is 285 g/mol. The van der Waals surface area contributed by atoms with Crippen LogP contribution in [-0.2, 0) is 6.42 Å². The molecule has 0 saturated heterocycles. The van der Waals surface area contributed by atoms with Gasteiger partial charge in [0, 0.05) is 38.4 Å². The maximum atomic E-state index is 4.68. The number of hydrogen-bond donors (Lipinski definition) is 2. The topological polar surface area (TPSA) is 53.7 Å². The van der Waals surface area contributed by atoms with Crippen molar-refractivity contribution in [3.8, 4) is 0 Å². The Morgan fingerprint density at radius 1 is 1.52 bits per heavy atom. The number of fused-ring (bicyclic) bond motifs is 1. The summed E-state index contributed by atoms with van der Waals surface area (Å²) in [5.74, 6) is 1.66. The molecule has 5 heteroatoms. The van der Waals surface area contributed by atoms with Gasteiger partial charge >= 0.3 is 0 Å². The molecule has 2 aromatic rings. The van der Waals surface area contributed by atoms with Crippen LogP contribution in [0.15, 0.2) is 29.5 Å². The summed E-state index contributed by atoms with van der Waals surface area (Å²) >= 11 is 0. The number of guanidine groups is 1. The third-order valence-corrected chi connectivity index (χ3v) is 4.06. The lowest BCUT2D eigenvalue weighted by atomic mass is 10.3. The molecule has 0 radical (unpaired) electrons. The molecule has 2 N–H and O–H groups in total. The molecule has 1 saturated carbocycles. The van der Waals surface area contributed by atoms with Crippen molar-refractivity contribution in [2.75, 3.05) is 13.6 Å². The van der Waals surface area contributed by atoms with E-state index in [1.54, 1.807) is 0 Å². The fraction of sp³-hybridized carbons (Fsp3) is 0.500. The predicted molar refractivity (Wildman–Crippen MR) is 85.7 cm³/mol. The van der Waals surface area contributed by atoms with Gasteiger partial charge in [-0.15, -0.1) is 0 Å². The Hall–Kier alpha value is -2.04. The van der Waals surface area contributed by atoms with E-state index in [0.717, 1.165) is 36.2 Å². The van der Waals surface area contributed by atoms with Gasteiger partial charge in [-0.3, -0.25) is 4.99 Å². The molecule has 2 aromatic heterocycles. The highest BCUT2D eigenvalue weighted by Crippen LogP contribution is 2.28. The van der Waals surface area contributed by atoms with Crippen LogP contribution in [0.1, 0.15) is 24.6 Å². The number of nitrogens with zero attached hydrogens (tertiary/aromatic N) is 3. The summed E-state index contributed by atoms with van der Waals surface area (Å²) in [6.45, 7) is 5.18. The molecule has 0 spiro atoms. The SMILES string of the molecule is CN=C(NCCc1cn2cccc(C)c2n1)NC1CC1C. The molecule has 112 valence electrons. The lowest BCUT2D eigenvalue weighted by Crippen LogP contribution is -2.39. The van der Waals surface area contributed by atoms with E-state index < -0.39 is 0 Å². The lowest BCUT2D eigenvalue weighted by molar-refractivity contribution is 0.754. The van der Waals surface area contributed by atoms with Crippen LogP contribution < -0.4 is 10.6 Å². The van der Waals surface area contributed by atoms with Gasteiger partial charge in [0.05, 0.1) is 5.69 Å². The van der Waals surface area contributed by atoms with Crippen molar-refractivity contribution in [1.29, 1.82) is 0 Å². The smallest absolute Gasteiger partial charge is 0.191 e. The third-order valence-electron chi connectivity index (χ3n) is 4.06. The van der Waals surface area contributed by atoms with Crippen LogP contribution in [0.5, 0.6) is 0 Å². The van der Waals surface area contributed by atoms with Crippen LogP contribution >= 0.6 is 0 Å². The number of nitrogens with one attached hydrogen (secondary N) is 2. The first-order chi connectivity index (χ1) is 10.2. The Kier molecular flexibility index (Phi) is 3.82. The van der Waals surface area contributed by atoms with Crippen molar-refractivity contribution in [1.82, 2.24) is 20.0 Å². The molecule has 0 amide bonds. The van der Waals surface area contributed by atoms with E-state index in [1.807, 2.05) is 13.2 Å². The maximum Gasteiger partial charge on any atom is 0.191 e. The second kappa shape index (κ2) is 5.76. The Labute approximate surface area is 125 Å². The molecule has 2 atom stereocenters. The van der Waals surface area contributed by atoms with E-state index in [1.165, 1.54) is 12.0 Å². The minimum Gasteiger partial charge on any atom is -0.356 e. The predicted octanol–water partition coefficient (Wildman–Crippen LogP) is 1.76. The third kappa shape index (κ3) is 3.17. The molecule has 1 fully saturated rings. The fourth-order valence-electron chi connectivity index (χ4n) is 2.53. The van der Waals surface area contributed by atoms with E-state index >= 15 is 0 Å². The summed E-state index contributed by atoms with van der Waals surface area (Å²) in [5, 5.41) is 6.78. The highest BCUT2D eigenvalue weighted by atomic mass is 15.2. The summed E-state index contributed by atoms with van der Waals surface area (Å²) in [5.41, 5.74) is 3.35. The van der Waals surface area contributed by atoms with Gasteiger partial charge in [0.15, 0.2) is 5.96 Å². The monoisotopic (exact) mass is 285 g/mol. The van der Waals surface area contributed by atoms with Gasteiger partial charge in [0.25, 0.3) is 0 Å². The summed E-state index contributed by atoms with van der Waals surface area (Å²) in [6.07, 6.45) is 6.28. The second-order valence-corrected chi connectivity index (χ2v) is 5.87. The minimum atomic E-state index is 0.592. The second-order valence-electron chi connectivity index (χ2n) is 5.87. The molecule has 5 nitrogen and oxygen atoms in total. The Bertz CT molecular complexity index is 658. The van der Waals surface area contributed by atoms with Crippen LogP contribution in [0.25, 0.3) is 5.65 Å². The molecule has 0 aliphatic heterocycles. The zero-order chi connectivity index (χ0) is 14.8. The molecule has 1 aliphatic carbocycles. The van der Waals surface area contributed by atoms with Gasteiger partial charge in [0.1, 0.15) is 5.65 Å². The Balaban J connectivity index is 1.55. The average Bonchev–Trinajstić information content (AvgIpc) is 2.99. The molecule has 3 rings (SSSR count). The van der Waals surface area contributed by atoms with Gasteiger partial charge < -0.3 is 15.0 Å². The zero-order valence-corrected chi connectivity index (χ0v) is 12.9. The summed E-state index contributed by atoms with van der Waals surface area (Å²) in [6, 6.07) is 4.73. The molecule has 1 aliphatic rings. The fourth-order valence-corrected chi connectivity index (χ4v) is 2.53. The number of aryl methyl sites for hydroxylation is 1. The van der Waals surface area contributed by atoms with Gasteiger partial charge in [-0.1, -0.05) is 13.0 Å². The quantitative estimate of drug-likeness (QED) is 0.665. The zero-order valence-electron chi connectivity index (χ0n) is 12.9. The van der Waals surface area contributed by atoms with Crippen molar-refractivity contribution >= 4 is 11.6 Å². The number of aliphatic imine (C=N–C) groups is 1. The molecule has 21 heavy (non-hydrogen) atoms.